The predicted molar refractivity (Wildman–Crippen MR) is 48.5 cm³/mol. The maximum atomic E-state index is 5.74. The highest BCUT2D eigenvalue weighted by atomic mass is 15.1. The van der Waals surface area contributed by atoms with E-state index in [9.17, 15) is 0 Å². The minimum Gasteiger partial charge on any atom is -0.328 e. The van der Waals surface area contributed by atoms with Gasteiger partial charge in [0.25, 0.3) is 0 Å². The molecule has 2 heteroatoms. The lowest BCUT2D eigenvalue weighted by Gasteiger charge is -2.41. The van der Waals surface area contributed by atoms with Gasteiger partial charge in [0.15, 0.2) is 0 Å². The van der Waals surface area contributed by atoms with Gasteiger partial charge in [-0.3, -0.25) is 0 Å². The van der Waals surface area contributed by atoms with E-state index in [4.69, 9.17) is 5.73 Å². The second-order valence-electron chi connectivity index (χ2n) is 3.93. The Bertz CT molecular complexity index is 117. The molecular formula is C9H20N2. The summed E-state index contributed by atoms with van der Waals surface area (Å²) in [6, 6.07) is 1.25. The van der Waals surface area contributed by atoms with Crippen LogP contribution in [0.5, 0.6) is 0 Å². The minimum atomic E-state index is 0.494. The fourth-order valence-corrected chi connectivity index (χ4v) is 2.14. The average Bonchev–Trinajstić information content (AvgIpc) is 1.85. The molecule has 1 atom stereocenters. The van der Waals surface area contributed by atoms with Crippen molar-refractivity contribution in [3.05, 3.63) is 0 Å². The van der Waals surface area contributed by atoms with Crippen molar-refractivity contribution in [1.29, 1.82) is 0 Å². The van der Waals surface area contributed by atoms with Crippen LogP contribution in [0.4, 0.5) is 0 Å². The third kappa shape index (κ3) is 1.94. The summed E-state index contributed by atoms with van der Waals surface area (Å²) in [5, 5.41) is 0. The van der Waals surface area contributed by atoms with Crippen LogP contribution in [-0.2, 0) is 0 Å². The van der Waals surface area contributed by atoms with Gasteiger partial charge in [0, 0.05) is 12.1 Å². The molecule has 0 aromatic rings. The lowest BCUT2D eigenvalue weighted by Crippen LogP contribution is -2.47. The summed E-state index contributed by atoms with van der Waals surface area (Å²) in [6.45, 7) is 2.26. The highest BCUT2D eigenvalue weighted by Gasteiger charge is 2.32. The van der Waals surface area contributed by atoms with Crippen LogP contribution in [0.1, 0.15) is 26.2 Å². The van der Waals surface area contributed by atoms with Gasteiger partial charge in [-0.1, -0.05) is 6.92 Å². The van der Waals surface area contributed by atoms with E-state index < -0.39 is 0 Å². The molecule has 0 aliphatic heterocycles. The molecule has 2 nitrogen and oxygen atoms in total. The van der Waals surface area contributed by atoms with Gasteiger partial charge in [-0.05, 0) is 39.3 Å². The van der Waals surface area contributed by atoms with E-state index in [1.54, 1.807) is 0 Å². The Balaban J connectivity index is 2.32. The molecule has 11 heavy (non-hydrogen) atoms. The average molecular weight is 156 g/mol. The lowest BCUT2D eigenvalue weighted by molar-refractivity contribution is 0.119. The van der Waals surface area contributed by atoms with Crippen LogP contribution in [0.15, 0.2) is 0 Å². The van der Waals surface area contributed by atoms with Crippen LogP contribution in [0, 0.1) is 5.92 Å². The van der Waals surface area contributed by atoms with Crippen LogP contribution in [-0.4, -0.2) is 31.1 Å². The Morgan fingerprint density at radius 3 is 2.27 bits per heavy atom. The summed E-state index contributed by atoms with van der Waals surface area (Å²) >= 11 is 0. The molecule has 0 aromatic heterocycles. The third-order valence-electron chi connectivity index (χ3n) is 2.84. The van der Waals surface area contributed by atoms with E-state index >= 15 is 0 Å². The monoisotopic (exact) mass is 156 g/mol. The van der Waals surface area contributed by atoms with Crippen LogP contribution in [0.2, 0.25) is 0 Å². The van der Waals surface area contributed by atoms with Gasteiger partial charge in [-0.15, -0.1) is 0 Å². The molecule has 1 fully saturated rings. The van der Waals surface area contributed by atoms with E-state index in [0.29, 0.717) is 6.04 Å². The van der Waals surface area contributed by atoms with Crippen molar-refractivity contribution < 1.29 is 0 Å². The quantitative estimate of drug-likeness (QED) is 0.662. The molecule has 2 N–H and O–H groups in total. The Morgan fingerprint density at radius 2 is 2.00 bits per heavy atom. The predicted octanol–water partition coefficient (Wildman–Crippen LogP) is 1.06. The van der Waals surface area contributed by atoms with E-state index in [2.05, 4.69) is 25.9 Å². The molecule has 1 saturated carbocycles. The maximum Gasteiger partial charge on any atom is 0.0116 e. The van der Waals surface area contributed by atoms with Crippen molar-refractivity contribution >= 4 is 0 Å². The van der Waals surface area contributed by atoms with Gasteiger partial charge in [-0.25, -0.2) is 0 Å². The second kappa shape index (κ2) is 3.55. The number of hydrogen-bond acceptors (Lipinski definition) is 2. The molecule has 1 rings (SSSR count). The summed E-state index contributed by atoms with van der Waals surface area (Å²) in [5.41, 5.74) is 5.74. The van der Waals surface area contributed by atoms with Gasteiger partial charge in [0.2, 0.25) is 0 Å². The zero-order chi connectivity index (χ0) is 8.43. The van der Waals surface area contributed by atoms with Crippen molar-refractivity contribution in [3.63, 3.8) is 0 Å². The van der Waals surface area contributed by atoms with Gasteiger partial charge < -0.3 is 10.6 Å². The maximum absolute atomic E-state index is 5.74. The summed E-state index contributed by atoms with van der Waals surface area (Å²) < 4.78 is 0. The van der Waals surface area contributed by atoms with Crippen LogP contribution >= 0.6 is 0 Å². The molecule has 0 radical (unpaired) electrons. The first kappa shape index (κ1) is 9.01. The highest BCUT2D eigenvalue weighted by molar-refractivity contribution is 4.89. The molecule has 66 valence electrons. The smallest absolute Gasteiger partial charge is 0.0116 e. The number of hydrogen-bond donors (Lipinski definition) is 1. The first-order valence-electron chi connectivity index (χ1n) is 4.57. The summed E-state index contributed by atoms with van der Waals surface area (Å²) in [4.78, 5) is 2.33. The van der Waals surface area contributed by atoms with Gasteiger partial charge in [0.1, 0.15) is 0 Å². The molecule has 0 bridgehead atoms. The Kier molecular flexibility index (Phi) is 2.90. The zero-order valence-electron chi connectivity index (χ0n) is 7.88. The lowest BCUT2D eigenvalue weighted by atomic mass is 9.75. The Labute approximate surface area is 69.8 Å². The second-order valence-corrected chi connectivity index (χ2v) is 3.93. The molecule has 1 aliphatic carbocycles. The topological polar surface area (TPSA) is 29.3 Å². The molecule has 0 aromatic carbocycles. The van der Waals surface area contributed by atoms with Gasteiger partial charge in [0.05, 0.1) is 0 Å². The molecule has 0 spiro atoms. The number of nitrogens with zero attached hydrogens (tertiary/aromatic N) is 1. The SMILES string of the molecule is CCC(C1CC(N)C1)N(C)C. The Hall–Kier alpha value is -0.0800. The largest absolute Gasteiger partial charge is 0.328 e. The van der Waals surface area contributed by atoms with Gasteiger partial charge >= 0.3 is 0 Å². The summed E-state index contributed by atoms with van der Waals surface area (Å²) in [5.74, 6) is 0.866. The van der Waals surface area contributed by atoms with Gasteiger partial charge in [-0.2, -0.15) is 0 Å². The van der Waals surface area contributed by atoms with Crippen LogP contribution in [0.3, 0.4) is 0 Å². The molecule has 0 saturated heterocycles. The first-order chi connectivity index (χ1) is 5.15. The van der Waals surface area contributed by atoms with E-state index in [1.165, 1.54) is 19.3 Å². The van der Waals surface area contributed by atoms with Crippen molar-refractivity contribution in [1.82, 2.24) is 4.90 Å². The minimum absolute atomic E-state index is 0.494. The normalized spacial score (nSPS) is 33.5. The highest BCUT2D eigenvalue weighted by Crippen LogP contribution is 2.31. The van der Waals surface area contributed by atoms with Crippen molar-refractivity contribution in [3.8, 4) is 0 Å². The zero-order valence-corrected chi connectivity index (χ0v) is 7.88. The summed E-state index contributed by atoms with van der Waals surface area (Å²) in [7, 11) is 4.33. The van der Waals surface area contributed by atoms with Crippen molar-refractivity contribution in [2.45, 2.75) is 38.3 Å². The summed E-state index contributed by atoms with van der Waals surface area (Å²) in [6.07, 6.45) is 3.72. The van der Waals surface area contributed by atoms with Crippen LogP contribution in [0.25, 0.3) is 0 Å². The van der Waals surface area contributed by atoms with E-state index in [1.807, 2.05) is 0 Å². The standard InChI is InChI=1S/C9H20N2/c1-4-9(11(2)3)7-5-8(10)6-7/h7-9H,4-6,10H2,1-3H3. The fraction of sp³-hybridized carbons (Fsp3) is 1.00. The number of rotatable bonds is 3. The van der Waals surface area contributed by atoms with Crippen LogP contribution < -0.4 is 5.73 Å². The van der Waals surface area contributed by atoms with Crippen molar-refractivity contribution in [2.24, 2.45) is 11.7 Å². The van der Waals surface area contributed by atoms with Crippen molar-refractivity contribution in [2.75, 3.05) is 14.1 Å². The molecular weight excluding hydrogens is 136 g/mol. The first-order valence-corrected chi connectivity index (χ1v) is 4.57. The fourth-order valence-electron chi connectivity index (χ4n) is 2.14. The molecule has 1 aliphatic rings. The van der Waals surface area contributed by atoms with E-state index in [0.717, 1.165) is 12.0 Å². The number of nitrogens with two attached hydrogens (primary N) is 1. The Morgan fingerprint density at radius 1 is 1.45 bits per heavy atom. The molecule has 0 amide bonds. The van der Waals surface area contributed by atoms with E-state index in [-0.39, 0.29) is 0 Å². The molecule has 0 heterocycles. The molecule has 1 unspecified atom stereocenters. The third-order valence-corrected chi connectivity index (χ3v) is 2.84.